The van der Waals surface area contributed by atoms with E-state index in [2.05, 4.69) is 32.7 Å². The van der Waals surface area contributed by atoms with E-state index in [1.807, 2.05) is 42.5 Å². The van der Waals surface area contributed by atoms with E-state index in [9.17, 15) is 9.59 Å². The van der Waals surface area contributed by atoms with Gasteiger partial charge >= 0.3 is 5.97 Å². The topological polar surface area (TPSA) is 130 Å². The third-order valence-electron chi connectivity index (χ3n) is 4.14. The molecular formula is C21H21N5O3. The van der Waals surface area contributed by atoms with Gasteiger partial charge in [0, 0.05) is 18.7 Å². The van der Waals surface area contributed by atoms with E-state index in [4.69, 9.17) is 10.8 Å². The van der Waals surface area contributed by atoms with E-state index in [1.54, 1.807) is 0 Å². The third kappa shape index (κ3) is 5.60. The number of carboxylic acid groups (broad SMARTS) is 1. The van der Waals surface area contributed by atoms with Crippen LogP contribution < -0.4 is 16.4 Å². The molecule has 29 heavy (non-hydrogen) atoms. The molecule has 0 bridgehead atoms. The molecule has 0 unspecified atom stereocenters. The molecule has 2 aromatic carbocycles. The van der Waals surface area contributed by atoms with E-state index >= 15 is 0 Å². The highest BCUT2D eigenvalue weighted by Gasteiger charge is 2.15. The van der Waals surface area contributed by atoms with Gasteiger partial charge in [0.25, 0.3) is 5.91 Å². The first-order valence-electron chi connectivity index (χ1n) is 8.99. The quantitative estimate of drug-likeness (QED) is 0.461. The number of aromatic nitrogens is 2. The van der Waals surface area contributed by atoms with Crippen molar-refractivity contribution in [1.29, 1.82) is 0 Å². The molecule has 1 amide bonds. The average molecular weight is 391 g/mol. The van der Waals surface area contributed by atoms with E-state index in [-0.39, 0.29) is 11.5 Å². The van der Waals surface area contributed by atoms with Gasteiger partial charge in [-0.15, -0.1) is 0 Å². The summed E-state index contributed by atoms with van der Waals surface area (Å²) in [6.45, 7) is 0.893. The van der Waals surface area contributed by atoms with Crippen LogP contribution in [0.25, 0.3) is 11.3 Å². The average Bonchev–Trinajstić information content (AvgIpc) is 2.73. The molecule has 0 aliphatic rings. The van der Waals surface area contributed by atoms with E-state index in [0.29, 0.717) is 12.2 Å². The second-order valence-electron chi connectivity index (χ2n) is 6.36. The van der Waals surface area contributed by atoms with Crippen LogP contribution in [-0.4, -0.2) is 33.5 Å². The van der Waals surface area contributed by atoms with E-state index in [0.717, 1.165) is 17.7 Å². The van der Waals surface area contributed by atoms with Gasteiger partial charge in [-0.25, -0.2) is 9.97 Å². The zero-order valence-corrected chi connectivity index (χ0v) is 15.6. The molecule has 0 radical (unpaired) electrons. The first kappa shape index (κ1) is 20.0. The summed E-state index contributed by atoms with van der Waals surface area (Å²) >= 11 is 0. The minimum absolute atomic E-state index is 0.0580. The van der Waals surface area contributed by atoms with Gasteiger partial charge in [0.15, 0.2) is 11.5 Å². The number of hydrogen-bond acceptors (Lipinski definition) is 6. The van der Waals surface area contributed by atoms with Gasteiger partial charge in [0.05, 0.1) is 11.9 Å². The molecule has 8 nitrogen and oxygen atoms in total. The monoisotopic (exact) mass is 391 g/mol. The molecule has 0 spiro atoms. The Morgan fingerprint density at radius 1 is 1.00 bits per heavy atom. The molecule has 1 heterocycles. The summed E-state index contributed by atoms with van der Waals surface area (Å²) in [6, 6.07) is 17.8. The Hall–Kier alpha value is -3.78. The summed E-state index contributed by atoms with van der Waals surface area (Å²) < 4.78 is 0. The smallest absolute Gasteiger partial charge is 0.322 e. The van der Waals surface area contributed by atoms with Gasteiger partial charge in [0.1, 0.15) is 6.54 Å². The molecule has 0 aliphatic carbocycles. The second-order valence-corrected chi connectivity index (χ2v) is 6.36. The number of anilines is 1. The Balaban J connectivity index is 1.71. The minimum Gasteiger partial charge on any atom is -0.480 e. The lowest BCUT2D eigenvalue weighted by molar-refractivity contribution is -0.135. The number of carboxylic acids is 1. The van der Waals surface area contributed by atoms with Crippen LogP contribution >= 0.6 is 0 Å². The van der Waals surface area contributed by atoms with E-state index < -0.39 is 18.4 Å². The number of benzene rings is 2. The third-order valence-corrected chi connectivity index (χ3v) is 4.14. The fraction of sp³-hybridized carbons (Fsp3) is 0.143. The minimum atomic E-state index is -1.16. The zero-order chi connectivity index (χ0) is 20.6. The zero-order valence-electron chi connectivity index (χ0n) is 15.6. The lowest BCUT2D eigenvalue weighted by atomic mass is 10.1. The molecule has 0 saturated heterocycles. The molecular weight excluding hydrogens is 370 g/mol. The highest BCUT2D eigenvalue weighted by molar-refractivity contribution is 5.98. The van der Waals surface area contributed by atoms with E-state index in [1.165, 1.54) is 11.8 Å². The van der Waals surface area contributed by atoms with Gasteiger partial charge in [-0.05, 0) is 17.2 Å². The van der Waals surface area contributed by atoms with Crippen molar-refractivity contribution in [3.63, 3.8) is 0 Å². The van der Waals surface area contributed by atoms with Gasteiger partial charge < -0.3 is 21.5 Å². The standard InChI is InChI=1S/C21H21N5O3/c22-20-19(21(29)25-13-18(27)28)26-17(12-24-20)16-8-4-7-15(9-16)11-23-10-14-5-2-1-3-6-14/h1-9,12,23H,10-11,13H2,(H2,22,24)(H,25,29)(H,27,28). The number of nitrogen functional groups attached to an aromatic ring is 1. The molecule has 0 atom stereocenters. The predicted molar refractivity (Wildman–Crippen MR) is 109 cm³/mol. The van der Waals surface area contributed by atoms with Crippen LogP contribution in [0.1, 0.15) is 21.6 Å². The molecule has 0 fully saturated rings. The Kier molecular flexibility index (Phi) is 6.49. The second kappa shape index (κ2) is 9.43. The molecule has 3 aromatic rings. The number of nitrogens with zero attached hydrogens (tertiary/aromatic N) is 2. The van der Waals surface area contributed by atoms with Gasteiger partial charge in [-0.2, -0.15) is 0 Å². The van der Waals surface area contributed by atoms with Crippen LogP contribution in [0.15, 0.2) is 60.8 Å². The van der Waals surface area contributed by atoms with Crippen LogP contribution in [0.4, 0.5) is 5.82 Å². The normalized spacial score (nSPS) is 10.5. The van der Waals surface area contributed by atoms with Crippen LogP contribution in [0.2, 0.25) is 0 Å². The first-order valence-corrected chi connectivity index (χ1v) is 8.99. The Morgan fingerprint density at radius 3 is 2.48 bits per heavy atom. The summed E-state index contributed by atoms with van der Waals surface area (Å²) in [5, 5.41) is 14.3. The maximum absolute atomic E-state index is 12.1. The number of nitrogens with one attached hydrogen (secondary N) is 2. The molecule has 5 N–H and O–H groups in total. The van der Waals surface area contributed by atoms with Crippen molar-refractivity contribution < 1.29 is 14.7 Å². The van der Waals surface area contributed by atoms with Gasteiger partial charge in [-0.3, -0.25) is 9.59 Å². The van der Waals surface area contributed by atoms with Crippen molar-refractivity contribution in [2.24, 2.45) is 0 Å². The van der Waals surface area contributed by atoms with Gasteiger partial charge in [-0.1, -0.05) is 48.5 Å². The summed E-state index contributed by atoms with van der Waals surface area (Å²) in [5.74, 6) is -1.89. The number of rotatable bonds is 8. The summed E-state index contributed by atoms with van der Waals surface area (Å²) in [7, 11) is 0. The SMILES string of the molecule is Nc1ncc(-c2cccc(CNCc3ccccc3)c2)nc1C(=O)NCC(=O)O. The largest absolute Gasteiger partial charge is 0.480 e. The van der Waals surface area contributed by atoms with Crippen LogP contribution in [0.5, 0.6) is 0 Å². The number of aliphatic carboxylic acids is 1. The summed E-state index contributed by atoms with van der Waals surface area (Å²) in [4.78, 5) is 31.1. The van der Waals surface area contributed by atoms with Crippen LogP contribution in [0.3, 0.4) is 0 Å². The summed E-state index contributed by atoms with van der Waals surface area (Å²) in [6.07, 6.45) is 1.49. The van der Waals surface area contributed by atoms with Crippen molar-refractivity contribution in [2.45, 2.75) is 13.1 Å². The number of hydrogen-bond donors (Lipinski definition) is 4. The summed E-state index contributed by atoms with van der Waals surface area (Å²) in [5.41, 5.74) is 9.14. The highest BCUT2D eigenvalue weighted by Crippen LogP contribution is 2.20. The van der Waals surface area contributed by atoms with Gasteiger partial charge in [0.2, 0.25) is 0 Å². The number of carbonyl (C=O) groups is 2. The lowest BCUT2D eigenvalue weighted by Crippen LogP contribution is -2.30. The van der Waals surface area contributed by atoms with Crippen molar-refractivity contribution in [3.05, 3.63) is 77.6 Å². The van der Waals surface area contributed by atoms with Crippen LogP contribution in [0, 0.1) is 0 Å². The number of carbonyl (C=O) groups excluding carboxylic acids is 1. The Labute approximate surface area is 167 Å². The maximum atomic E-state index is 12.1. The van der Waals surface area contributed by atoms with Crippen molar-refractivity contribution in [2.75, 3.05) is 12.3 Å². The number of nitrogens with two attached hydrogens (primary N) is 1. The molecule has 1 aromatic heterocycles. The molecule has 3 rings (SSSR count). The Morgan fingerprint density at radius 2 is 1.72 bits per heavy atom. The van der Waals surface area contributed by atoms with Crippen molar-refractivity contribution in [1.82, 2.24) is 20.6 Å². The molecule has 0 aliphatic heterocycles. The maximum Gasteiger partial charge on any atom is 0.322 e. The fourth-order valence-corrected chi connectivity index (χ4v) is 2.73. The Bertz CT molecular complexity index is 1010. The van der Waals surface area contributed by atoms with Crippen molar-refractivity contribution in [3.8, 4) is 11.3 Å². The first-order chi connectivity index (χ1) is 14.0. The highest BCUT2D eigenvalue weighted by atomic mass is 16.4. The predicted octanol–water partition coefficient (Wildman–Crippen LogP) is 1.83. The molecule has 148 valence electrons. The molecule has 0 saturated carbocycles. The van der Waals surface area contributed by atoms with Crippen LogP contribution in [-0.2, 0) is 17.9 Å². The lowest BCUT2D eigenvalue weighted by Gasteiger charge is -2.09. The van der Waals surface area contributed by atoms with Crippen molar-refractivity contribution >= 4 is 17.7 Å². The number of amides is 1. The fourth-order valence-electron chi connectivity index (χ4n) is 2.73. The molecule has 8 heteroatoms.